The fourth-order valence-corrected chi connectivity index (χ4v) is 2.58. The van der Waals surface area contributed by atoms with E-state index in [0.29, 0.717) is 6.54 Å². The summed E-state index contributed by atoms with van der Waals surface area (Å²) < 4.78 is 0. The highest BCUT2D eigenvalue weighted by Gasteiger charge is 2.26. The van der Waals surface area contributed by atoms with Gasteiger partial charge >= 0.3 is 0 Å². The first-order valence-corrected chi connectivity index (χ1v) is 7.09. The van der Waals surface area contributed by atoms with Crippen LogP contribution >= 0.6 is 0 Å². The largest absolute Gasteiger partial charge is 0.396 e. The van der Waals surface area contributed by atoms with E-state index in [9.17, 15) is 4.79 Å². The molecule has 4 nitrogen and oxygen atoms in total. The third kappa shape index (κ3) is 5.36. The number of amides is 1. The summed E-state index contributed by atoms with van der Waals surface area (Å²) in [5, 5.41) is 11.9. The van der Waals surface area contributed by atoms with Crippen molar-refractivity contribution < 1.29 is 9.90 Å². The molecule has 0 aromatic rings. The molecule has 0 radical (unpaired) electrons. The first-order chi connectivity index (χ1) is 8.44. The predicted octanol–water partition coefficient (Wildman–Crippen LogP) is 1.42. The average molecular weight is 256 g/mol. The molecule has 0 heterocycles. The van der Waals surface area contributed by atoms with Gasteiger partial charge in [0.2, 0.25) is 5.91 Å². The minimum absolute atomic E-state index is 0.0508. The van der Waals surface area contributed by atoms with Crippen LogP contribution in [-0.2, 0) is 4.79 Å². The van der Waals surface area contributed by atoms with Crippen molar-refractivity contribution in [2.24, 2.45) is 17.1 Å². The average Bonchev–Trinajstić information content (AvgIpc) is 2.34. The minimum atomic E-state index is 0.0508. The molecule has 1 aliphatic carbocycles. The van der Waals surface area contributed by atoms with Gasteiger partial charge in [-0.05, 0) is 37.5 Å². The summed E-state index contributed by atoms with van der Waals surface area (Å²) in [5.74, 6) is 0.254. The Morgan fingerprint density at radius 1 is 1.44 bits per heavy atom. The van der Waals surface area contributed by atoms with E-state index in [1.165, 1.54) is 0 Å². The van der Waals surface area contributed by atoms with Crippen molar-refractivity contribution in [3.05, 3.63) is 0 Å². The summed E-state index contributed by atoms with van der Waals surface area (Å²) >= 11 is 0. The van der Waals surface area contributed by atoms with E-state index in [0.717, 1.165) is 38.5 Å². The zero-order chi connectivity index (χ0) is 13.6. The molecule has 18 heavy (non-hydrogen) atoms. The molecule has 4 N–H and O–H groups in total. The summed E-state index contributed by atoms with van der Waals surface area (Å²) in [4.78, 5) is 12.0. The Morgan fingerprint density at radius 3 is 2.78 bits per heavy atom. The topological polar surface area (TPSA) is 75.3 Å². The van der Waals surface area contributed by atoms with E-state index < -0.39 is 0 Å². The highest BCUT2D eigenvalue weighted by molar-refractivity contribution is 5.78. The normalized spacial score (nSPS) is 24.9. The molecule has 1 aliphatic rings. The van der Waals surface area contributed by atoms with Gasteiger partial charge in [-0.2, -0.15) is 0 Å². The Morgan fingerprint density at radius 2 is 2.17 bits per heavy atom. The molecule has 0 spiro atoms. The van der Waals surface area contributed by atoms with Gasteiger partial charge in [0.25, 0.3) is 0 Å². The van der Waals surface area contributed by atoms with Crippen LogP contribution in [-0.4, -0.2) is 30.2 Å². The van der Waals surface area contributed by atoms with Crippen LogP contribution in [0.5, 0.6) is 0 Å². The SMILES string of the molecule is CC(C)(CCCO)CNC(=O)C1CCCC(N)C1. The van der Waals surface area contributed by atoms with Crippen LogP contribution < -0.4 is 11.1 Å². The van der Waals surface area contributed by atoms with Gasteiger partial charge in [0.05, 0.1) is 0 Å². The van der Waals surface area contributed by atoms with Crippen LogP contribution in [0.2, 0.25) is 0 Å². The number of aliphatic hydroxyl groups excluding tert-OH is 1. The van der Waals surface area contributed by atoms with Crippen molar-refractivity contribution in [3.63, 3.8) is 0 Å². The third-order valence-corrected chi connectivity index (χ3v) is 3.84. The lowest BCUT2D eigenvalue weighted by molar-refractivity contribution is -0.126. The lowest BCUT2D eigenvalue weighted by Gasteiger charge is -2.29. The number of rotatable bonds is 6. The Kier molecular flexibility index (Phi) is 6.09. The Labute approximate surface area is 110 Å². The Balaban J connectivity index is 2.31. The number of carbonyl (C=O) groups is 1. The number of hydrogen-bond donors (Lipinski definition) is 3. The zero-order valence-corrected chi connectivity index (χ0v) is 11.7. The van der Waals surface area contributed by atoms with Crippen molar-refractivity contribution in [2.75, 3.05) is 13.2 Å². The van der Waals surface area contributed by atoms with Crippen LogP contribution in [0.4, 0.5) is 0 Å². The molecule has 0 bridgehead atoms. The van der Waals surface area contributed by atoms with Crippen molar-refractivity contribution >= 4 is 5.91 Å². The quantitative estimate of drug-likeness (QED) is 0.673. The molecular weight excluding hydrogens is 228 g/mol. The van der Waals surface area contributed by atoms with Crippen molar-refractivity contribution in [3.8, 4) is 0 Å². The Hall–Kier alpha value is -0.610. The summed E-state index contributed by atoms with van der Waals surface area (Å²) in [6, 6.07) is 0.192. The molecule has 0 aliphatic heterocycles. The maximum absolute atomic E-state index is 12.0. The monoisotopic (exact) mass is 256 g/mol. The molecule has 1 fully saturated rings. The smallest absolute Gasteiger partial charge is 0.223 e. The maximum atomic E-state index is 12.0. The molecule has 1 saturated carbocycles. The molecule has 2 unspecified atom stereocenters. The van der Waals surface area contributed by atoms with Crippen LogP contribution in [0.3, 0.4) is 0 Å². The second-order valence-corrected chi connectivity index (χ2v) is 6.33. The van der Waals surface area contributed by atoms with E-state index in [-0.39, 0.29) is 29.9 Å². The summed E-state index contributed by atoms with van der Waals surface area (Å²) in [5.41, 5.74) is 5.95. The van der Waals surface area contributed by atoms with E-state index in [1.807, 2.05) is 0 Å². The number of nitrogens with one attached hydrogen (secondary N) is 1. The molecule has 1 amide bonds. The summed E-state index contributed by atoms with van der Waals surface area (Å²) in [6.07, 6.45) is 5.61. The molecule has 0 aromatic carbocycles. The molecule has 106 valence electrons. The maximum Gasteiger partial charge on any atom is 0.223 e. The van der Waals surface area contributed by atoms with Crippen LogP contribution in [0.1, 0.15) is 52.4 Å². The number of carbonyl (C=O) groups excluding carboxylic acids is 1. The molecule has 0 saturated heterocycles. The fraction of sp³-hybridized carbons (Fsp3) is 0.929. The molecule has 4 heteroatoms. The van der Waals surface area contributed by atoms with Gasteiger partial charge in [0.15, 0.2) is 0 Å². The van der Waals surface area contributed by atoms with E-state index >= 15 is 0 Å². The number of aliphatic hydroxyl groups is 1. The van der Waals surface area contributed by atoms with Crippen molar-refractivity contribution in [1.82, 2.24) is 5.32 Å². The molecule has 1 rings (SSSR count). The second kappa shape index (κ2) is 7.10. The summed E-state index contributed by atoms with van der Waals surface area (Å²) in [7, 11) is 0. The van der Waals surface area contributed by atoms with Crippen LogP contribution in [0.25, 0.3) is 0 Å². The molecule has 0 aromatic heterocycles. The first kappa shape index (κ1) is 15.4. The predicted molar refractivity (Wildman–Crippen MR) is 73.0 cm³/mol. The van der Waals surface area contributed by atoms with Gasteiger partial charge in [-0.3, -0.25) is 4.79 Å². The van der Waals surface area contributed by atoms with Gasteiger partial charge < -0.3 is 16.2 Å². The number of hydrogen-bond acceptors (Lipinski definition) is 3. The van der Waals surface area contributed by atoms with E-state index in [1.54, 1.807) is 0 Å². The number of nitrogens with two attached hydrogens (primary N) is 1. The van der Waals surface area contributed by atoms with Gasteiger partial charge in [0, 0.05) is 25.1 Å². The minimum Gasteiger partial charge on any atom is -0.396 e. The Bertz CT molecular complexity index is 267. The van der Waals surface area contributed by atoms with Crippen molar-refractivity contribution in [1.29, 1.82) is 0 Å². The van der Waals surface area contributed by atoms with Crippen LogP contribution in [0, 0.1) is 11.3 Å². The molecular formula is C14H28N2O2. The van der Waals surface area contributed by atoms with Crippen molar-refractivity contribution in [2.45, 2.75) is 58.4 Å². The van der Waals surface area contributed by atoms with Gasteiger partial charge in [-0.1, -0.05) is 20.3 Å². The summed E-state index contributed by atoms with van der Waals surface area (Å²) in [6.45, 7) is 5.14. The standard InChI is InChI=1S/C14H28N2O2/c1-14(2,7-4-8-17)10-16-13(18)11-5-3-6-12(15)9-11/h11-12,17H,3-10,15H2,1-2H3,(H,16,18). The lowest BCUT2D eigenvalue weighted by Crippen LogP contribution is -2.41. The highest BCUT2D eigenvalue weighted by atomic mass is 16.2. The third-order valence-electron chi connectivity index (χ3n) is 3.84. The second-order valence-electron chi connectivity index (χ2n) is 6.33. The zero-order valence-electron chi connectivity index (χ0n) is 11.7. The van der Waals surface area contributed by atoms with E-state index in [2.05, 4.69) is 19.2 Å². The van der Waals surface area contributed by atoms with Gasteiger partial charge in [-0.25, -0.2) is 0 Å². The van der Waals surface area contributed by atoms with E-state index in [4.69, 9.17) is 10.8 Å². The van der Waals surface area contributed by atoms with Gasteiger partial charge in [-0.15, -0.1) is 0 Å². The lowest BCUT2D eigenvalue weighted by atomic mass is 9.84. The highest BCUT2D eigenvalue weighted by Crippen LogP contribution is 2.24. The van der Waals surface area contributed by atoms with Gasteiger partial charge in [0.1, 0.15) is 0 Å². The molecule has 2 atom stereocenters. The fourth-order valence-electron chi connectivity index (χ4n) is 2.58. The van der Waals surface area contributed by atoms with Crippen LogP contribution in [0.15, 0.2) is 0 Å². The first-order valence-electron chi connectivity index (χ1n) is 7.09.